The molecule has 4 rings (SSSR count). The lowest BCUT2D eigenvalue weighted by atomic mass is 9.92. The van der Waals surface area contributed by atoms with Crippen LogP contribution in [0.2, 0.25) is 5.02 Å². The van der Waals surface area contributed by atoms with Crippen LogP contribution in [0.3, 0.4) is 0 Å². The molecule has 0 aliphatic carbocycles. The molecule has 1 aliphatic heterocycles. The summed E-state index contributed by atoms with van der Waals surface area (Å²) in [6.07, 6.45) is 1.82. The second kappa shape index (κ2) is 15.4. The molecule has 1 aromatic heterocycles. The number of benzene rings is 2. The van der Waals surface area contributed by atoms with Crippen molar-refractivity contribution < 1.29 is 33.3 Å². The van der Waals surface area contributed by atoms with Crippen LogP contribution in [-0.2, 0) is 25.6 Å². The summed E-state index contributed by atoms with van der Waals surface area (Å²) in [7, 11) is 1.55. The molecule has 10 heteroatoms. The van der Waals surface area contributed by atoms with E-state index in [1.165, 1.54) is 11.3 Å². The number of anilines is 1. The normalized spacial score (nSPS) is 14.2. The zero-order valence-corrected chi connectivity index (χ0v) is 29.3. The third-order valence-electron chi connectivity index (χ3n) is 7.67. The highest BCUT2D eigenvalue weighted by Gasteiger charge is 2.33. The summed E-state index contributed by atoms with van der Waals surface area (Å²) in [4.78, 5) is 42.6. The lowest BCUT2D eigenvalue weighted by Crippen LogP contribution is -2.34. The molecule has 0 radical (unpaired) electrons. The molecular weight excluding hydrogens is 626 g/mol. The van der Waals surface area contributed by atoms with E-state index in [0.29, 0.717) is 35.2 Å². The second-order valence-corrected chi connectivity index (χ2v) is 14.3. The average molecular weight is 670 g/mol. The molecule has 46 heavy (non-hydrogen) atoms. The molecule has 8 nitrogen and oxygen atoms in total. The molecule has 0 fully saturated rings. The Bertz CT molecular complexity index is 1530. The van der Waals surface area contributed by atoms with Gasteiger partial charge in [0.1, 0.15) is 18.3 Å². The van der Waals surface area contributed by atoms with Crippen molar-refractivity contribution in [3.05, 3.63) is 64.0 Å². The van der Waals surface area contributed by atoms with E-state index in [1.807, 2.05) is 44.2 Å². The van der Waals surface area contributed by atoms with Gasteiger partial charge in [0, 0.05) is 21.7 Å². The molecule has 248 valence electrons. The third-order valence-corrected chi connectivity index (χ3v) is 9.13. The monoisotopic (exact) mass is 669 g/mol. The number of methoxy groups -OCH3 is 1. The largest absolute Gasteiger partial charge is 0.493 e. The molecule has 0 bridgehead atoms. The van der Waals surface area contributed by atoms with Crippen LogP contribution in [0.4, 0.5) is 5.69 Å². The average Bonchev–Trinajstić information content (AvgIpc) is 3.55. The van der Waals surface area contributed by atoms with Gasteiger partial charge in [0.15, 0.2) is 11.5 Å². The molecule has 0 N–H and O–H groups in total. The predicted octanol–water partition coefficient (Wildman–Crippen LogP) is 8.72. The highest BCUT2D eigenvalue weighted by atomic mass is 35.5. The second-order valence-electron chi connectivity index (χ2n) is 12.9. The van der Waals surface area contributed by atoms with Crippen molar-refractivity contribution in [1.29, 1.82) is 0 Å². The number of unbranched alkanes of at least 4 members (excludes halogenated alkanes) is 1. The number of thiophene rings is 1. The van der Waals surface area contributed by atoms with E-state index < -0.39 is 29.6 Å². The van der Waals surface area contributed by atoms with Crippen LogP contribution in [0.25, 0.3) is 10.4 Å². The van der Waals surface area contributed by atoms with Gasteiger partial charge in [-0.1, -0.05) is 50.9 Å². The number of carbonyl (C=O) groups is 3. The van der Waals surface area contributed by atoms with Crippen LogP contribution in [0.1, 0.15) is 82.5 Å². The van der Waals surface area contributed by atoms with E-state index in [9.17, 15) is 14.4 Å². The fourth-order valence-corrected chi connectivity index (χ4v) is 6.45. The van der Waals surface area contributed by atoms with Gasteiger partial charge in [0.05, 0.1) is 30.9 Å². The fourth-order valence-electron chi connectivity index (χ4n) is 5.20. The number of hydrogen-bond donors (Lipinski definition) is 0. The molecule has 2 aromatic carbocycles. The molecule has 2 heterocycles. The summed E-state index contributed by atoms with van der Waals surface area (Å²) < 4.78 is 23.2. The summed E-state index contributed by atoms with van der Waals surface area (Å²) in [6.45, 7) is 11.8. The number of nitrogens with zero attached hydrogens (tertiary/aromatic N) is 1. The molecule has 1 amide bonds. The summed E-state index contributed by atoms with van der Waals surface area (Å²) in [5, 5.41) is 0.670. The van der Waals surface area contributed by atoms with Crippen LogP contribution in [0, 0.1) is 11.8 Å². The SMILES string of the molecule is CCCC[C@H](COc1ccc(N2Cc3cc(-c4ccc(Cl)cc4)sc3C2=O)cc1OC)OC(=O)[C@@H](CC(=O)OC(C)(C)C)C(C)C. The van der Waals surface area contributed by atoms with E-state index >= 15 is 0 Å². The maximum absolute atomic E-state index is 13.4. The van der Waals surface area contributed by atoms with Gasteiger partial charge in [-0.2, -0.15) is 0 Å². The van der Waals surface area contributed by atoms with E-state index in [4.69, 9.17) is 30.5 Å². The Morgan fingerprint density at radius 2 is 1.76 bits per heavy atom. The Morgan fingerprint density at radius 1 is 1.04 bits per heavy atom. The maximum Gasteiger partial charge on any atom is 0.310 e. The van der Waals surface area contributed by atoms with Gasteiger partial charge in [-0.3, -0.25) is 14.4 Å². The van der Waals surface area contributed by atoms with Crippen LogP contribution in [0.15, 0.2) is 48.5 Å². The Hall–Kier alpha value is -3.56. The Labute approximate surface area is 280 Å². The molecule has 0 unspecified atom stereocenters. The minimum Gasteiger partial charge on any atom is -0.493 e. The summed E-state index contributed by atoms with van der Waals surface area (Å²) in [6, 6.07) is 15.0. The zero-order valence-electron chi connectivity index (χ0n) is 27.7. The zero-order chi connectivity index (χ0) is 33.6. The first-order chi connectivity index (χ1) is 21.8. The van der Waals surface area contributed by atoms with Crippen molar-refractivity contribution >= 4 is 46.5 Å². The number of esters is 2. The predicted molar refractivity (Wildman–Crippen MR) is 182 cm³/mol. The topological polar surface area (TPSA) is 91.4 Å². The van der Waals surface area contributed by atoms with Crippen molar-refractivity contribution in [1.82, 2.24) is 0 Å². The molecule has 0 saturated heterocycles. The van der Waals surface area contributed by atoms with E-state index in [-0.39, 0.29) is 24.9 Å². The van der Waals surface area contributed by atoms with Crippen LogP contribution >= 0.6 is 22.9 Å². The van der Waals surface area contributed by atoms with Gasteiger partial charge in [0.25, 0.3) is 5.91 Å². The minimum atomic E-state index is -0.634. The molecule has 2 atom stereocenters. The molecule has 1 aliphatic rings. The molecular formula is C36H44ClNO7S. The van der Waals surface area contributed by atoms with Gasteiger partial charge >= 0.3 is 11.9 Å². The maximum atomic E-state index is 13.4. The van der Waals surface area contributed by atoms with Gasteiger partial charge in [-0.05, 0) is 81.0 Å². The first kappa shape index (κ1) is 35.3. The molecule has 0 spiro atoms. The number of carbonyl (C=O) groups excluding carboxylic acids is 3. The minimum absolute atomic E-state index is 0.0470. The Balaban J connectivity index is 1.42. The number of halogens is 1. The first-order valence-electron chi connectivity index (χ1n) is 15.7. The lowest BCUT2D eigenvalue weighted by Gasteiger charge is -2.26. The standard InChI is InChI=1S/C36H44ClNO7S/c1-8-9-10-27(44-35(41)28(22(2)3)19-32(39)45-36(4,5)6)21-43-29-16-15-26(18-30(29)42-7)38-20-24-17-31(46-33(24)34(38)40)23-11-13-25(37)14-12-23/h11-18,22,27-28H,8-10,19-21H2,1-7H3/t27-,28+/m1/s1. The lowest BCUT2D eigenvalue weighted by molar-refractivity contribution is -0.166. The molecule has 3 aromatic rings. The summed E-state index contributed by atoms with van der Waals surface area (Å²) >= 11 is 7.51. The van der Waals surface area contributed by atoms with E-state index in [1.54, 1.807) is 44.9 Å². The highest BCUT2D eigenvalue weighted by molar-refractivity contribution is 7.17. The van der Waals surface area contributed by atoms with Gasteiger partial charge in [0.2, 0.25) is 0 Å². The Morgan fingerprint density at radius 3 is 2.37 bits per heavy atom. The highest BCUT2D eigenvalue weighted by Crippen LogP contribution is 2.41. The number of hydrogen-bond acceptors (Lipinski definition) is 8. The van der Waals surface area contributed by atoms with Crippen LogP contribution in [-0.4, -0.2) is 43.3 Å². The van der Waals surface area contributed by atoms with E-state index in [0.717, 1.165) is 33.7 Å². The van der Waals surface area contributed by atoms with Gasteiger partial charge < -0.3 is 23.8 Å². The van der Waals surface area contributed by atoms with Crippen molar-refractivity contribution in [2.75, 3.05) is 18.6 Å². The van der Waals surface area contributed by atoms with Gasteiger partial charge in [-0.15, -0.1) is 11.3 Å². The number of amides is 1. The quantitative estimate of drug-likeness (QED) is 0.159. The Kier molecular flexibility index (Phi) is 11.8. The smallest absolute Gasteiger partial charge is 0.310 e. The van der Waals surface area contributed by atoms with Gasteiger partial charge in [-0.25, -0.2) is 0 Å². The number of rotatable bonds is 14. The van der Waals surface area contributed by atoms with Crippen LogP contribution in [0.5, 0.6) is 11.5 Å². The summed E-state index contributed by atoms with van der Waals surface area (Å²) in [5.74, 6) is -0.723. The van der Waals surface area contributed by atoms with E-state index in [2.05, 4.69) is 13.0 Å². The number of fused-ring (bicyclic) bond motifs is 1. The van der Waals surface area contributed by atoms with Crippen molar-refractivity contribution in [2.45, 2.75) is 85.5 Å². The van der Waals surface area contributed by atoms with Crippen LogP contribution < -0.4 is 14.4 Å². The molecule has 0 saturated carbocycles. The third kappa shape index (κ3) is 9.04. The number of ether oxygens (including phenoxy) is 4. The fraction of sp³-hybridized carbons (Fsp3) is 0.472. The van der Waals surface area contributed by atoms with Crippen molar-refractivity contribution in [2.24, 2.45) is 11.8 Å². The van der Waals surface area contributed by atoms with Crippen molar-refractivity contribution in [3.8, 4) is 21.9 Å². The van der Waals surface area contributed by atoms with Crippen molar-refractivity contribution in [3.63, 3.8) is 0 Å². The first-order valence-corrected chi connectivity index (χ1v) is 16.9. The summed E-state index contributed by atoms with van der Waals surface area (Å²) in [5.41, 5.74) is 2.06.